The third kappa shape index (κ3) is 2.23. The van der Waals surface area contributed by atoms with Crippen LogP contribution in [0.2, 0.25) is 0 Å². The number of hydrogen-bond acceptors (Lipinski definition) is 4. The molecule has 2 aromatic rings. The molecule has 0 atom stereocenters. The maximum Gasteiger partial charge on any atom is 0.270 e. The summed E-state index contributed by atoms with van der Waals surface area (Å²) in [6, 6.07) is 3.85. The lowest BCUT2D eigenvalue weighted by Crippen LogP contribution is -2.15. The molecule has 18 heavy (non-hydrogen) atoms. The molecule has 0 saturated heterocycles. The molecule has 0 fully saturated rings. The molecule has 0 saturated carbocycles. The minimum atomic E-state index is -0.750. The Morgan fingerprint density at radius 3 is 2.72 bits per heavy atom. The lowest BCUT2D eigenvalue weighted by molar-refractivity contribution is -0.384. The Hall–Kier alpha value is -2.22. The van der Waals surface area contributed by atoms with Gasteiger partial charge in [0.05, 0.1) is 26.8 Å². The van der Waals surface area contributed by atoms with Gasteiger partial charge in [0, 0.05) is 18.3 Å². The molecule has 2 rings (SSSR count). The van der Waals surface area contributed by atoms with Crippen molar-refractivity contribution in [3.8, 4) is 5.69 Å². The largest absolute Gasteiger partial charge is 0.366 e. The fourth-order valence-corrected chi connectivity index (χ4v) is 1.75. The summed E-state index contributed by atoms with van der Waals surface area (Å²) in [7, 11) is 0. The average Bonchev–Trinajstić information content (AvgIpc) is 2.74. The molecule has 0 spiro atoms. The normalized spacial score (nSPS) is 10.3. The molecule has 1 aromatic carbocycles. The van der Waals surface area contributed by atoms with Gasteiger partial charge in [-0.2, -0.15) is 5.10 Å². The van der Waals surface area contributed by atoms with Crippen LogP contribution in [0.15, 0.2) is 35.1 Å². The van der Waals surface area contributed by atoms with E-state index in [1.807, 2.05) is 0 Å². The first-order chi connectivity index (χ1) is 8.49. The van der Waals surface area contributed by atoms with E-state index in [2.05, 4.69) is 21.0 Å². The van der Waals surface area contributed by atoms with Gasteiger partial charge in [-0.15, -0.1) is 0 Å². The molecule has 1 amide bonds. The first-order valence-corrected chi connectivity index (χ1v) is 5.57. The van der Waals surface area contributed by atoms with Gasteiger partial charge in [0.25, 0.3) is 11.6 Å². The van der Waals surface area contributed by atoms with E-state index in [1.165, 1.54) is 23.0 Å². The predicted molar refractivity (Wildman–Crippen MR) is 66.4 cm³/mol. The zero-order chi connectivity index (χ0) is 13.3. The number of amides is 1. The number of benzene rings is 1. The van der Waals surface area contributed by atoms with Crippen molar-refractivity contribution in [1.29, 1.82) is 0 Å². The van der Waals surface area contributed by atoms with E-state index in [4.69, 9.17) is 5.73 Å². The second-order valence-corrected chi connectivity index (χ2v) is 4.34. The predicted octanol–water partition coefficient (Wildman–Crippen LogP) is 1.64. The minimum absolute atomic E-state index is 0.0415. The van der Waals surface area contributed by atoms with E-state index in [-0.39, 0.29) is 11.3 Å². The first kappa shape index (κ1) is 12.2. The van der Waals surface area contributed by atoms with Crippen molar-refractivity contribution in [2.75, 3.05) is 0 Å². The lowest BCUT2D eigenvalue weighted by Gasteiger charge is -2.06. The highest BCUT2D eigenvalue weighted by molar-refractivity contribution is 9.10. The van der Waals surface area contributed by atoms with Crippen LogP contribution in [-0.2, 0) is 0 Å². The maximum absolute atomic E-state index is 11.3. The Morgan fingerprint density at radius 2 is 2.22 bits per heavy atom. The Morgan fingerprint density at radius 1 is 1.50 bits per heavy atom. The van der Waals surface area contributed by atoms with Crippen LogP contribution in [0.3, 0.4) is 0 Å². The number of carbonyl (C=O) groups is 1. The molecular formula is C10H7BrN4O3. The quantitative estimate of drug-likeness (QED) is 0.687. The molecule has 0 aliphatic heterocycles. The summed E-state index contributed by atoms with van der Waals surface area (Å²) < 4.78 is 2.13. The zero-order valence-corrected chi connectivity index (χ0v) is 10.5. The Kier molecular flexibility index (Phi) is 3.11. The van der Waals surface area contributed by atoms with Gasteiger partial charge >= 0.3 is 0 Å². The number of halogens is 1. The topological polar surface area (TPSA) is 104 Å². The van der Waals surface area contributed by atoms with Gasteiger partial charge in [-0.3, -0.25) is 14.9 Å². The summed E-state index contributed by atoms with van der Waals surface area (Å²) in [6.07, 6.45) is 3.15. The second-order valence-electron chi connectivity index (χ2n) is 3.43. The van der Waals surface area contributed by atoms with Gasteiger partial charge in [-0.05, 0) is 22.0 Å². The number of hydrogen-bond donors (Lipinski definition) is 1. The maximum atomic E-state index is 11.3. The first-order valence-electron chi connectivity index (χ1n) is 4.78. The van der Waals surface area contributed by atoms with Crippen LogP contribution in [0.25, 0.3) is 5.69 Å². The summed E-state index contributed by atoms with van der Waals surface area (Å²) >= 11 is 3.22. The number of non-ortho nitro benzene ring substituents is 1. The third-order valence-corrected chi connectivity index (χ3v) is 2.66. The number of nitrogens with two attached hydrogens (primary N) is 1. The van der Waals surface area contributed by atoms with Crippen LogP contribution in [-0.4, -0.2) is 20.6 Å². The van der Waals surface area contributed by atoms with Crippen LogP contribution < -0.4 is 5.73 Å². The van der Waals surface area contributed by atoms with Crippen molar-refractivity contribution in [2.24, 2.45) is 5.73 Å². The van der Waals surface area contributed by atoms with Crippen LogP contribution in [0.4, 0.5) is 5.69 Å². The van der Waals surface area contributed by atoms with E-state index in [1.54, 1.807) is 6.20 Å². The van der Waals surface area contributed by atoms with Crippen molar-refractivity contribution in [3.05, 3.63) is 50.7 Å². The number of rotatable bonds is 3. The zero-order valence-electron chi connectivity index (χ0n) is 8.91. The Bertz CT molecular complexity index is 638. The van der Waals surface area contributed by atoms with Gasteiger partial charge in [-0.1, -0.05) is 0 Å². The standard InChI is InChI=1S/C10H7BrN4O3/c11-6-4-13-14(5-6)9-2-1-7(15(17)18)3-8(9)10(12)16/h1-5H,(H2,12,16). The average molecular weight is 311 g/mol. The van der Waals surface area contributed by atoms with Crippen molar-refractivity contribution in [3.63, 3.8) is 0 Å². The molecule has 7 nitrogen and oxygen atoms in total. The fraction of sp³-hybridized carbons (Fsp3) is 0. The van der Waals surface area contributed by atoms with Gasteiger partial charge < -0.3 is 5.73 Å². The van der Waals surface area contributed by atoms with E-state index in [9.17, 15) is 14.9 Å². The van der Waals surface area contributed by atoms with Crippen LogP contribution in [0.1, 0.15) is 10.4 Å². The highest BCUT2D eigenvalue weighted by Crippen LogP contribution is 2.21. The van der Waals surface area contributed by atoms with Crippen LogP contribution >= 0.6 is 15.9 Å². The van der Waals surface area contributed by atoms with Crippen molar-refractivity contribution < 1.29 is 9.72 Å². The van der Waals surface area contributed by atoms with E-state index in [0.29, 0.717) is 5.69 Å². The molecule has 0 bridgehead atoms. The minimum Gasteiger partial charge on any atom is -0.366 e. The summed E-state index contributed by atoms with van der Waals surface area (Å²) in [5.74, 6) is -0.750. The fourth-order valence-electron chi connectivity index (χ4n) is 1.47. The molecule has 92 valence electrons. The summed E-state index contributed by atoms with van der Waals surface area (Å²) in [5.41, 5.74) is 5.45. The number of nitrogens with zero attached hydrogens (tertiary/aromatic N) is 3. The lowest BCUT2D eigenvalue weighted by atomic mass is 10.1. The number of nitro groups is 1. The number of aromatic nitrogens is 2. The van der Waals surface area contributed by atoms with E-state index in [0.717, 1.165) is 10.5 Å². The SMILES string of the molecule is NC(=O)c1cc([N+](=O)[O-])ccc1-n1cc(Br)cn1. The molecule has 1 heterocycles. The molecule has 0 unspecified atom stereocenters. The highest BCUT2D eigenvalue weighted by Gasteiger charge is 2.16. The molecular weight excluding hydrogens is 304 g/mol. The summed E-state index contributed by atoms with van der Waals surface area (Å²) in [5, 5.41) is 14.6. The van der Waals surface area contributed by atoms with Crippen molar-refractivity contribution >= 4 is 27.5 Å². The summed E-state index contributed by atoms with van der Waals surface area (Å²) in [6.45, 7) is 0. The molecule has 1 aromatic heterocycles. The van der Waals surface area contributed by atoms with Gasteiger partial charge in [0.15, 0.2) is 0 Å². The number of primary amides is 1. The molecule has 0 aliphatic rings. The van der Waals surface area contributed by atoms with Gasteiger partial charge in [-0.25, -0.2) is 4.68 Å². The number of nitro benzene ring substituents is 1. The summed E-state index contributed by atoms with van der Waals surface area (Å²) in [4.78, 5) is 21.4. The Labute approximate surface area is 109 Å². The highest BCUT2D eigenvalue weighted by atomic mass is 79.9. The van der Waals surface area contributed by atoms with Crippen molar-refractivity contribution in [1.82, 2.24) is 9.78 Å². The van der Waals surface area contributed by atoms with Gasteiger partial charge in [0.2, 0.25) is 0 Å². The smallest absolute Gasteiger partial charge is 0.270 e. The second kappa shape index (κ2) is 4.57. The molecule has 0 radical (unpaired) electrons. The third-order valence-electron chi connectivity index (χ3n) is 2.25. The van der Waals surface area contributed by atoms with E-state index >= 15 is 0 Å². The van der Waals surface area contributed by atoms with Crippen LogP contribution in [0, 0.1) is 10.1 Å². The Balaban J connectivity index is 2.60. The van der Waals surface area contributed by atoms with Gasteiger partial charge in [0.1, 0.15) is 0 Å². The van der Waals surface area contributed by atoms with Crippen molar-refractivity contribution in [2.45, 2.75) is 0 Å². The molecule has 0 aliphatic carbocycles. The molecule has 2 N–H and O–H groups in total. The van der Waals surface area contributed by atoms with Crippen LogP contribution in [0.5, 0.6) is 0 Å². The molecule has 8 heteroatoms. The monoisotopic (exact) mass is 310 g/mol. The number of carbonyl (C=O) groups excluding carboxylic acids is 1. The van der Waals surface area contributed by atoms with E-state index < -0.39 is 10.8 Å².